The van der Waals surface area contributed by atoms with Crippen molar-refractivity contribution in [2.75, 3.05) is 0 Å². The van der Waals surface area contributed by atoms with Crippen LogP contribution in [0, 0.1) is 6.92 Å². The maximum absolute atomic E-state index is 5.73. The molecule has 102 valence electrons. The molecular formula is C15H17N5. The number of nitrogens with zero attached hydrogens (tertiary/aromatic N) is 3. The second kappa shape index (κ2) is 5.03. The van der Waals surface area contributed by atoms with Crippen LogP contribution >= 0.6 is 0 Å². The zero-order valence-electron chi connectivity index (χ0n) is 11.5. The zero-order valence-corrected chi connectivity index (χ0v) is 11.5. The normalized spacial score (nSPS) is 12.8. The zero-order chi connectivity index (χ0) is 14.1. The number of pyridine rings is 1. The number of nitrogens with two attached hydrogens (primary N) is 1. The minimum absolute atomic E-state index is 0.125. The van der Waals surface area contributed by atoms with Gasteiger partial charge >= 0.3 is 0 Å². The van der Waals surface area contributed by atoms with Crippen LogP contribution in [0.1, 0.15) is 23.0 Å². The minimum atomic E-state index is -0.125. The number of hydrogen-bond donors (Lipinski definition) is 2. The van der Waals surface area contributed by atoms with E-state index in [1.54, 1.807) is 6.20 Å². The Morgan fingerprint density at radius 2 is 2.10 bits per heavy atom. The Morgan fingerprint density at radius 1 is 1.25 bits per heavy atom. The Kier molecular flexibility index (Phi) is 3.22. The predicted molar refractivity (Wildman–Crippen MR) is 78.9 cm³/mol. The molecule has 0 amide bonds. The van der Waals surface area contributed by atoms with Gasteiger partial charge in [-0.25, -0.2) is 5.43 Å². The van der Waals surface area contributed by atoms with E-state index in [0.29, 0.717) is 0 Å². The highest BCUT2D eigenvalue weighted by atomic mass is 15.3. The van der Waals surface area contributed by atoms with Crippen LogP contribution in [-0.4, -0.2) is 14.8 Å². The number of hydrogen-bond acceptors (Lipinski definition) is 4. The first-order valence-corrected chi connectivity index (χ1v) is 6.50. The van der Waals surface area contributed by atoms with Gasteiger partial charge in [-0.05, 0) is 36.8 Å². The van der Waals surface area contributed by atoms with Crippen molar-refractivity contribution in [2.45, 2.75) is 13.0 Å². The SMILES string of the molecule is Cc1cc(C(NN)c2ccc3ncccc3c2)nn1C. The van der Waals surface area contributed by atoms with E-state index < -0.39 is 0 Å². The summed E-state index contributed by atoms with van der Waals surface area (Å²) in [4.78, 5) is 4.33. The summed E-state index contributed by atoms with van der Waals surface area (Å²) in [5, 5.41) is 5.59. The van der Waals surface area contributed by atoms with Crippen molar-refractivity contribution in [1.29, 1.82) is 0 Å². The maximum Gasteiger partial charge on any atom is 0.0900 e. The number of benzene rings is 1. The molecule has 0 aliphatic heterocycles. The molecule has 5 heteroatoms. The van der Waals surface area contributed by atoms with Gasteiger partial charge in [0, 0.05) is 24.3 Å². The highest BCUT2D eigenvalue weighted by molar-refractivity contribution is 5.79. The average molecular weight is 267 g/mol. The van der Waals surface area contributed by atoms with Gasteiger partial charge in [-0.3, -0.25) is 15.5 Å². The van der Waals surface area contributed by atoms with E-state index in [4.69, 9.17) is 5.84 Å². The van der Waals surface area contributed by atoms with E-state index in [9.17, 15) is 0 Å². The summed E-state index contributed by atoms with van der Waals surface area (Å²) in [5.41, 5.74) is 6.91. The maximum atomic E-state index is 5.73. The lowest BCUT2D eigenvalue weighted by Gasteiger charge is -2.14. The van der Waals surface area contributed by atoms with Crippen molar-refractivity contribution in [2.24, 2.45) is 12.9 Å². The Morgan fingerprint density at radius 3 is 2.80 bits per heavy atom. The number of fused-ring (bicyclic) bond motifs is 1. The Labute approximate surface area is 117 Å². The molecule has 1 aromatic carbocycles. The molecule has 0 saturated carbocycles. The van der Waals surface area contributed by atoms with E-state index in [1.807, 2.05) is 49.0 Å². The van der Waals surface area contributed by atoms with Crippen LogP contribution in [0.5, 0.6) is 0 Å². The lowest BCUT2D eigenvalue weighted by Crippen LogP contribution is -2.29. The lowest BCUT2D eigenvalue weighted by molar-refractivity contribution is 0.602. The third-order valence-corrected chi connectivity index (χ3v) is 3.56. The molecule has 0 aliphatic carbocycles. The third kappa shape index (κ3) is 2.17. The largest absolute Gasteiger partial charge is 0.273 e. The van der Waals surface area contributed by atoms with Crippen molar-refractivity contribution < 1.29 is 0 Å². The van der Waals surface area contributed by atoms with Crippen molar-refractivity contribution >= 4 is 10.9 Å². The second-order valence-electron chi connectivity index (χ2n) is 4.89. The molecule has 0 fully saturated rings. The number of rotatable bonds is 3. The molecule has 2 heterocycles. The summed E-state index contributed by atoms with van der Waals surface area (Å²) in [6.07, 6.45) is 1.79. The summed E-state index contributed by atoms with van der Waals surface area (Å²) in [5.74, 6) is 5.73. The Hall–Kier alpha value is -2.24. The molecule has 0 spiro atoms. The molecule has 1 atom stereocenters. The monoisotopic (exact) mass is 267 g/mol. The molecule has 2 aromatic heterocycles. The molecule has 5 nitrogen and oxygen atoms in total. The van der Waals surface area contributed by atoms with E-state index in [-0.39, 0.29) is 6.04 Å². The summed E-state index contributed by atoms with van der Waals surface area (Å²) >= 11 is 0. The predicted octanol–water partition coefficient (Wildman–Crippen LogP) is 1.83. The minimum Gasteiger partial charge on any atom is -0.273 e. The van der Waals surface area contributed by atoms with Gasteiger partial charge in [-0.1, -0.05) is 12.1 Å². The topological polar surface area (TPSA) is 68.8 Å². The number of aryl methyl sites for hydroxylation is 2. The highest BCUT2D eigenvalue weighted by Gasteiger charge is 2.16. The van der Waals surface area contributed by atoms with Crippen LogP contribution < -0.4 is 11.3 Å². The van der Waals surface area contributed by atoms with E-state index in [1.165, 1.54) is 0 Å². The molecule has 0 bridgehead atoms. The van der Waals surface area contributed by atoms with Crippen LogP contribution in [0.25, 0.3) is 10.9 Å². The number of aromatic nitrogens is 3. The first kappa shape index (κ1) is 12.8. The number of hydrazine groups is 1. The van der Waals surface area contributed by atoms with Crippen molar-refractivity contribution in [3.05, 3.63) is 59.5 Å². The Balaban J connectivity index is 2.06. The smallest absolute Gasteiger partial charge is 0.0900 e. The summed E-state index contributed by atoms with van der Waals surface area (Å²) < 4.78 is 1.85. The first-order chi connectivity index (χ1) is 9.69. The Bertz CT molecular complexity index is 727. The summed E-state index contributed by atoms with van der Waals surface area (Å²) in [6, 6.07) is 12.0. The standard InChI is InChI=1S/C15H17N5/c1-10-8-14(19-20(10)2)15(18-16)12-5-6-13-11(9-12)4-3-7-17-13/h3-9,15,18H,16H2,1-2H3. The highest BCUT2D eigenvalue weighted by Crippen LogP contribution is 2.23. The average Bonchev–Trinajstić information content (AvgIpc) is 2.79. The molecule has 3 aromatic rings. The third-order valence-electron chi connectivity index (χ3n) is 3.56. The van der Waals surface area contributed by atoms with E-state index in [0.717, 1.165) is 27.9 Å². The van der Waals surface area contributed by atoms with Gasteiger partial charge in [0.15, 0.2) is 0 Å². The summed E-state index contributed by atoms with van der Waals surface area (Å²) in [6.45, 7) is 2.02. The lowest BCUT2D eigenvalue weighted by atomic mass is 10.0. The first-order valence-electron chi connectivity index (χ1n) is 6.50. The van der Waals surface area contributed by atoms with E-state index >= 15 is 0 Å². The van der Waals surface area contributed by atoms with E-state index in [2.05, 4.69) is 21.6 Å². The molecule has 3 rings (SSSR count). The van der Waals surface area contributed by atoms with Gasteiger partial charge in [0.05, 0.1) is 17.3 Å². The van der Waals surface area contributed by atoms with Gasteiger partial charge in [-0.2, -0.15) is 5.10 Å². The van der Waals surface area contributed by atoms with Gasteiger partial charge in [0.25, 0.3) is 0 Å². The van der Waals surface area contributed by atoms with Crippen molar-refractivity contribution in [3.63, 3.8) is 0 Å². The molecule has 0 radical (unpaired) electrons. The molecule has 20 heavy (non-hydrogen) atoms. The fourth-order valence-electron chi connectivity index (χ4n) is 2.36. The molecular weight excluding hydrogens is 250 g/mol. The van der Waals surface area contributed by atoms with Crippen LogP contribution in [-0.2, 0) is 7.05 Å². The fourth-order valence-corrected chi connectivity index (χ4v) is 2.36. The second-order valence-corrected chi connectivity index (χ2v) is 4.89. The molecule has 0 aliphatic rings. The molecule has 1 unspecified atom stereocenters. The van der Waals surface area contributed by atoms with Crippen molar-refractivity contribution in [1.82, 2.24) is 20.2 Å². The summed E-state index contributed by atoms with van der Waals surface area (Å²) in [7, 11) is 1.93. The molecule has 0 saturated heterocycles. The van der Waals surface area contributed by atoms with Crippen molar-refractivity contribution in [3.8, 4) is 0 Å². The van der Waals surface area contributed by atoms with Gasteiger partial charge in [0.2, 0.25) is 0 Å². The fraction of sp³-hybridized carbons (Fsp3) is 0.200. The van der Waals surface area contributed by atoms with Crippen LogP contribution in [0.2, 0.25) is 0 Å². The van der Waals surface area contributed by atoms with Crippen LogP contribution in [0.3, 0.4) is 0 Å². The quantitative estimate of drug-likeness (QED) is 0.561. The van der Waals surface area contributed by atoms with Crippen LogP contribution in [0.4, 0.5) is 0 Å². The molecule has 3 N–H and O–H groups in total. The van der Waals surface area contributed by atoms with Gasteiger partial charge < -0.3 is 0 Å². The van der Waals surface area contributed by atoms with Gasteiger partial charge in [-0.15, -0.1) is 0 Å². The van der Waals surface area contributed by atoms with Gasteiger partial charge in [0.1, 0.15) is 0 Å². The number of nitrogens with one attached hydrogen (secondary N) is 1. The van der Waals surface area contributed by atoms with Crippen LogP contribution in [0.15, 0.2) is 42.6 Å².